The first-order valence-corrected chi connectivity index (χ1v) is 4.85. The van der Waals surface area contributed by atoms with Gasteiger partial charge in [-0.05, 0) is 24.6 Å². The van der Waals surface area contributed by atoms with E-state index in [0.717, 1.165) is 18.6 Å². The molecule has 0 spiro atoms. The van der Waals surface area contributed by atoms with Crippen molar-refractivity contribution in [2.45, 2.75) is 19.5 Å². The van der Waals surface area contributed by atoms with E-state index in [1.807, 2.05) is 6.92 Å². The molecular formula is C10H14F3N3. The van der Waals surface area contributed by atoms with Gasteiger partial charge in [0.1, 0.15) is 0 Å². The molecule has 6 heteroatoms. The number of alkyl halides is 3. The van der Waals surface area contributed by atoms with Crippen LogP contribution in [0.4, 0.5) is 24.5 Å². The molecule has 0 aliphatic rings. The van der Waals surface area contributed by atoms with Crippen LogP contribution in [0.15, 0.2) is 18.2 Å². The first kappa shape index (κ1) is 12.6. The molecule has 90 valence electrons. The van der Waals surface area contributed by atoms with Crippen molar-refractivity contribution in [3.8, 4) is 0 Å². The van der Waals surface area contributed by atoms with Gasteiger partial charge in [-0.2, -0.15) is 13.2 Å². The van der Waals surface area contributed by atoms with Crippen LogP contribution in [0, 0.1) is 0 Å². The number of anilines is 2. The number of nitrogens with two attached hydrogens (primary N) is 2. The lowest BCUT2D eigenvalue weighted by atomic mass is 10.1. The molecule has 0 unspecified atom stereocenters. The average molecular weight is 233 g/mol. The molecule has 3 nitrogen and oxygen atoms in total. The molecule has 1 aromatic rings. The summed E-state index contributed by atoms with van der Waals surface area (Å²) in [5.74, 6) is 5.60. The second kappa shape index (κ2) is 4.61. The summed E-state index contributed by atoms with van der Waals surface area (Å²) in [4.78, 5) is 0. The minimum absolute atomic E-state index is 0.205. The van der Waals surface area contributed by atoms with E-state index in [9.17, 15) is 13.2 Å². The summed E-state index contributed by atoms with van der Waals surface area (Å²) in [6.45, 7) is 2.33. The van der Waals surface area contributed by atoms with E-state index in [2.05, 4.69) is 0 Å². The molecular weight excluding hydrogens is 219 g/mol. The zero-order valence-electron chi connectivity index (χ0n) is 8.88. The van der Waals surface area contributed by atoms with Crippen LogP contribution >= 0.6 is 0 Å². The molecule has 1 rings (SSSR count). The van der Waals surface area contributed by atoms with Gasteiger partial charge in [-0.15, -0.1) is 0 Å². The molecule has 0 saturated heterocycles. The van der Waals surface area contributed by atoms with Crippen LogP contribution in [0.3, 0.4) is 0 Å². The molecule has 0 aliphatic carbocycles. The maximum atomic E-state index is 12.4. The van der Waals surface area contributed by atoms with Crippen LogP contribution in [-0.2, 0) is 6.18 Å². The van der Waals surface area contributed by atoms with Crippen LogP contribution in [0.1, 0.15) is 18.9 Å². The minimum atomic E-state index is -4.38. The molecule has 0 aliphatic heterocycles. The van der Waals surface area contributed by atoms with Crippen LogP contribution in [0.5, 0.6) is 0 Å². The van der Waals surface area contributed by atoms with E-state index in [1.54, 1.807) is 0 Å². The number of hydrazine groups is 1. The van der Waals surface area contributed by atoms with E-state index < -0.39 is 11.7 Å². The Kier molecular flexibility index (Phi) is 3.64. The number of hydrogen-bond acceptors (Lipinski definition) is 3. The molecule has 0 heterocycles. The Morgan fingerprint density at radius 1 is 1.31 bits per heavy atom. The second-order valence-corrected chi connectivity index (χ2v) is 3.46. The average Bonchev–Trinajstić information content (AvgIpc) is 2.16. The van der Waals surface area contributed by atoms with Crippen LogP contribution in [0.2, 0.25) is 0 Å². The van der Waals surface area contributed by atoms with E-state index in [1.165, 1.54) is 11.1 Å². The summed E-state index contributed by atoms with van der Waals surface area (Å²) in [6.07, 6.45) is -3.65. The second-order valence-electron chi connectivity index (χ2n) is 3.46. The Morgan fingerprint density at radius 3 is 2.44 bits per heavy atom. The number of nitrogens with zero attached hydrogens (tertiary/aromatic N) is 1. The topological polar surface area (TPSA) is 55.3 Å². The number of benzene rings is 1. The third-order valence-corrected chi connectivity index (χ3v) is 2.13. The molecule has 0 aromatic heterocycles. The van der Waals surface area contributed by atoms with E-state index in [-0.39, 0.29) is 11.4 Å². The highest BCUT2D eigenvalue weighted by molar-refractivity contribution is 5.68. The summed E-state index contributed by atoms with van der Waals surface area (Å²) in [5, 5.41) is 1.23. The Morgan fingerprint density at radius 2 is 1.94 bits per heavy atom. The zero-order valence-corrected chi connectivity index (χ0v) is 8.88. The molecule has 1 aromatic carbocycles. The fraction of sp³-hybridized carbons (Fsp3) is 0.400. The highest BCUT2D eigenvalue weighted by Crippen LogP contribution is 2.33. The van der Waals surface area contributed by atoms with E-state index in [4.69, 9.17) is 11.6 Å². The third-order valence-electron chi connectivity index (χ3n) is 2.13. The predicted molar refractivity (Wildman–Crippen MR) is 57.7 cm³/mol. The van der Waals surface area contributed by atoms with Crippen molar-refractivity contribution in [2.24, 2.45) is 5.84 Å². The first-order valence-electron chi connectivity index (χ1n) is 4.85. The highest BCUT2D eigenvalue weighted by atomic mass is 19.4. The maximum absolute atomic E-state index is 12.4. The van der Waals surface area contributed by atoms with Gasteiger partial charge in [-0.1, -0.05) is 6.92 Å². The molecule has 4 N–H and O–H groups in total. The van der Waals surface area contributed by atoms with Crippen LogP contribution in [-0.4, -0.2) is 6.54 Å². The van der Waals surface area contributed by atoms with E-state index in [0.29, 0.717) is 6.54 Å². The minimum Gasteiger partial charge on any atom is -0.397 e. The van der Waals surface area contributed by atoms with Gasteiger partial charge in [0.2, 0.25) is 0 Å². The lowest BCUT2D eigenvalue weighted by Crippen LogP contribution is -2.32. The molecule has 0 fully saturated rings. The van der Waals surface area contributed by atoms with Crippen molar-refractivity contribution >= 4 is 11.4 Å². The van der Waals surface area contributed by atoms with Gasteiger partial charge in [-0.3, -0.25) is 0 Å². The molecule has 0 saturated carbocycles. The standard InChI is InChI=1S/C10H14F3N3/c1-2-5-16(15)9-6-7(10(11,12)13)3-4-8(9)14/h3-4,6H,2,5,14-15H2,1H3. The summed E-state index contributed by atoms with van der Waals surface area (Å²) in [5.41, 5.74) is 5.27. The van der Waals surface area contributed by atoms with Crippen molar-refractivity contribution < 1.29 is 13.2 Å². The smallest absolute Gasteiger partial charge is 0.397 e. The van der Waals surface area contributed by atoms with Crippen molar-refractivity contribution in [1.29, 1.82) is 0 Å². The number of hydrogen-bond donors (Lipinski definition) is 2. The summed E-state index contributed by atoms with van der Waals surface area (Å²) in [6, 6.07) is 3.12. The first-order chi connectivity index (χ1) is 7.36. The molecule has 0 bridgehead atoms. The zero-order chi connectivity index (χ0) is 12.3. The molecule has 16 heavy (non-hydrogen) atoms. The van der Waals surface area contributed by atoms with Crippen molar-refractivity contribution in [1.82, 2.24) is 0 Å². The Bertz CT molecular complexity index is 363. The molecule has 0 atom stereocenters. The third kappa shape index (κ3) is 2.79. The van der Waals surface area contributed by atoms with Crippen molar-refractivity contribution in [2.75, 3.05) is 17.3 Å². The van der Waals surface area contributed by atoms with Gasteiger partial charge in [0.05, 0.1) is 16.9 Å². The van der Waals surface area contributed by atoms with Gasteiger partial charge < -0.3 is 10.7 Å². The SMILES string of the molecule is CCCN(N)c1cc(C(F)(F)F)ccc1N. The van der Waals surface area contributed by atoms with E-state index >= 15 is 0 Å². The quantitative estimate of drug-likeness (QED) is 0.478. The Hall–Kier alpha value is -1.43. The normalized spacial score (nSPS) is 11.6. The van der Waals surface area contributed by atoms with Crippen molar-refractivity contribution in [3.05, 3.63) is 23.8 Å². The molecule has 0 radical (unpaired) electrons. The predicted octanol–water partition coefficient (Wildman–Crippen LogP) is 2.38. The fourth-order valence-electron chi connectivity index (χ4n) is 1.33. The lowest BCUT2D eigenvalue weighted by Gasteiger charge is -2.21. The summed E-state index contributed by atoms with van der Waals surface area (Å²) < 4.78 is 37.3. The van der Waals surface area contributed by atoms with Crippen LogP contribution in [0.25, 0.3) is 0 Å². The largest absolute Gasteiger partial charge is 0.416 e. The fourth-order valence-corrected chi connectivity index (χ4v) is 1.33. The summed E-state index contributed by atoms with van der Waals surface area (Å²) in [7, 11) is 0. The molecule has 0 amide bonds. The Labute approximate surface area is 91.8 Å². The summed E-state index contributed by atoms with van der Waals surface area (Å²) >= 11 is 0. The Balaban J connectivity index is 3.09. The van der Waals surface area contributed by atoms with Gasteiger partial charge in [0, 0.05) is 6.54 Å². The monoisotopic (exact) mass is 233 g/mol. The van der Waals surface area contributed by atoms with Crippen molar-refractivity contribution in [3.63, 3.8) is 0 Å². The van der Waals surface area contributed by atoms with Gasteiger partial charge in [0.25, 0.3) is 0 Å². The number of nitrogen functional groups attached to an aromatic ring is 1. The maximum Gasteiger partial charge on any atom is 0.416 e. The van der Waals surface area contributed by atoms with Gasteiger partial charge in [-0.25, -0.2) is 5.84 Å². The van der Waals surface area contributed by atoms with Gasteiger partial charge >= 0.3 is 6.18 Å². The number of halogens is 3. The van der Waals surface area contributed by atoms with Crippen LogP contribution < -0.4 is 16.6 Å². The lowest BCUT2D eigenvalue weighted by molar-refractivity contribution is -0.137. The van der Waals surface area contributed by atoms with Gasteiger partial charge in [0.15, 0.2) is 0 Å². The highest BCUT2D eigenvalue weighted by Gasteiger charge is 2.31. The number of rotatable bonds is 3.